The molecule has 1 saturated carbocycles. The highest BCUT2D eigenvalue weighted by atomic mass is 16.5. The van der Waals surface area contributed by atoms with Crippen LogP contribution in [0, 0.1) is 17.3 Å². The summed E-state index contributed by atoms with van der Waals surface area (Å²) >= 11 is 0. The Morgan fingerprint density at radius 1 is 0.809 bits per heavy atom. The van der Waals surface area contributed by atoms with Crippen molar-refractivity contribution in [3.63, 3.8) is 0 Å². The third-order valence-electron chi connectivity index (χ3n) is 9.55. The molecule has 1 aliphatic heterocycles. The smallest absolute Gasteiger partial charge is 0.306 e. The lowest BCUT2D eigenvalue weighted by Gasteiger charge is -2.23. The Morgan fingerprint density at radius 3 is 1.87 bits per heavy atom. The van der Waals surface area contributed by atoms with Crippen LogP contribution in [0.25, 0.3) is 0 Å². The van der Waals surface area contributed by atoms with E-state index in [1.165, 1.54) is 6.92 Å². The molecule has 1 unspecified atom stereocenters. The molecular formula is C36H45NO10. The Hall–Kier alpha value is -4.25. The van der Waals surface area contributed by atoms with E-state index in [1.54, 1.807) is 26.0 Å². The van der Waals surface area contributed by atoms with E-state index in [0.717, 1.165) is 40.7 Å². The number of amides is 1. The molecule has 3 N–H and O–H groups in total. The van der Waals surface area contributed by atoms with Crippen LogP contribution in [-0.2, 0) is 40.3 Å². The van der Waals surface area contributed by atoms with Crippen LogP contribution < -0.4 is 18.9 Å². The molecule has 11 nitrogen and oxygen atoms in total. The summed E-state index contributed by atoms with van der Waals surface area (Å²) in [6.07, 6.45) is 5.29. The Balaban J connectivity index is 1.18. The third kappa shape index (κ3) is 8.19. The summed E-state index contributed by atoms with van der Waals surface area (Å²) in [5.41, 5.74) is 5.08. The van der Waals surface area contributed by atoms with E-state index < -0.39 is 29.9 Å². The van der Waals surface area contributed by atoms with Crippen molar-refractivity contribution < 1.29 is 48.7 Å². The van der Waals surface area contributed by atoms with Gasteiger partial charge in [-0.05, 0) is 85.0 Å². The zero-order chi connectivity index (χ0) is 33.9. The number of allylic oxidation sites excluding steroid dienone is 1. The first-order valence-electron chi connectivity index (χ1n) is 16.1. The van der Waals surface area contributed by atoms with E-state index in [9.17, 15) is 24.6 Å². The highest BCUT2D eigenvalue weighted by Gasteiger charge is 2.45. The molecule has 0 spiro atoms. The molecule has 47 heavy (non-hydrogen) atoms. The molecule has 0 saturated heterocycles. The van der Waals surface area contributed by atoms with Gasteiger partial charge in [0, 0.05) is 24.9 Å². The molecule has 0 bridgehead atoms. The summed E-state index contributed by atoms with van der Waals surface area (Å²) in [6, 6.07) is 7.82. The number of carbonyl (C=O) groups excluding carboxylic acids is 1. The molecule has 3 aliphatic rings. The zero-order valence-corrected chi connectivity index (χ0v) is 27.5. The molecule has 11 heteroatoms. The van der Waals surface area contributed by atoms with Crippen LogP contribution in [0.2, 0.25) is 0 Å². The normalized spacial score (nSPS) is 17.8. The standard InChI is InChI=1S/C36H45NO10/c1-21(34(40)41)9-28(38)12-23-5-6-24-13-31(29(44-3)14-25(24)11-23)46-19-36(7-8-36)20-47-32-16-27-18-37(17-26(27)15-30(32)45-4)33(39)10-22(2)35(42)43/h5,13-16,21-22,28,38H,6-12,17-20H2,1-4H3,(H,40,41)(H,42,43)/t21-,22-,28?/m0/s1. The number of hydrogen-bond acceptors (Lipinski definition) is 8. The summed E-state index contributed by atoms with van der Waals surface area (Å²) in [5, 5.41) is 28.8. The molecule has 2 aliphatic carbocycles. The van der Waals surface area contributed by atoms with Gasteiger partial charge >= 0.3 is 11.9 Å². The monoisotopic (exact) mass is 651 g/mol. The fourth-order valence-electron chi connectivity index (χ4n) is 6.19. The molecule has 2 aromatic rings. The maximum atomic E-state index is 12.7. The number of rotatable bonds is 16. The second kappa shape index (κ2) is 14.3. The summed E-state index contributed by atoms with van der Waals surface area (Å²) in [4.78, 5) is 36.7. The van der Waals surface area contributed by atoms with Crippen molar-refractivity contribution in [3.8, 4) is 23.0 Å². The Kier molecular flexibility index (Phi) is 10.3. The van der Waals surface area contributed by atoms with Gasteiger partial charge in [0.15, 0.2) is 23.0 Å². The molecule has 5 rings (SSSR count). The molecule has 3 atom stereocenters. The number of aliphatic carboxylic acids is 2. The highest BCUT2D eigenvalue weighted by molar-refractivity contribution is 5.82. The zero-order valence-electron chi connectivity index (χ0n) is 27.5. The topological polar surface area (TPSA) is 152 Å². The number of carboxylic acid groups (broad SMARTS) is 2. The molecule has 2 aromatic carbocycles. The fourth-order valence-corrected chi connectivity index (χ4v) is 6.19. The number of carbonyl (C=O) groups is 3. The average molecular weight is 652 g/mol. The van der Waals surface area contributed by atoms with Gasteiger partial charge in [0.25, 0.3) is 0 Å². The minimum atomic E-state index is -0.985. The van der Waals surface area contributed by atoms with E-state index in [4.69, 9.17) is 24.1 Å². The predicted octanol–water partition coefficient (Wildman–Crippen LogP) is 4.78. The van der Waals surface area contributed by atoms with Crippen molar-refractivity contribution in [2.75, 3.05) is 27.4 Å². The SMILES string of the molecule is COc1cc2c(cc1OCC1(COc3cc4c(cc3OC)CN(C(=O)C[C@H](C)C(=O)O)C4)CC1)CC=C(CC(O)C[C@H](C)C(=O)O)C2. The summed E-state index contributed by atoms with van der Waals surface area (Å²) in [5.74, 6) is -0.927. The van der Waals surface area contributed by atoms with Gasteiger partial charge < -0.3 is 39.2 Å². The second-order valence-electron chi connectivity index (χ2n) is 13.4. The molecular weight excluding hydrogens is 606 g/mol. The number of hydrogen-bond donors (Lipinski definition) is 3. The Morgan fingerprint density at radius 2 is 1.34 bits per heavy atom. The van der Waals surface area contributed by atoms with E-state index in [2.05, 4.69) is 6.08 Å². The summed E-state index contributed by atoms with van der Waals surface area (Å²) < 4.78 is 24.0. The van der Waals surface area contributed by atoms with Crippen LogP contribution in [0.5, 0.6) is 23.0 Å². The van der Waals surface area contributed by atoms with Crippen molar-refractivity contribution in [1.82, 2.24) is 4.90 Å². The van der Waals surface area contributed by atoms with Gasteiger partial charge in [0.2, 0.25) is 5.91 Å². The first-order chi connectivity index (χ1) is 22.4. The van der Waals surface area contributed by atoms with Crippen molar-refractivity contribution in [2.24, 2.45) is 17.3 Å². The van der Waals surface area contributed by atoms with Crippen molar-refractivity contribution in [2.45, 2.75) is 78.0 Å². The van der Waals surface area contributed by atoms with E-state index in [0.29, 0.717) is 68.6 Å². The lowest BCUT2D eigenvalue weighted by molar-refractivity contribution is -0.145. The molecule has 0 radical (unpaired) electrons. The average Bonchev–Trinajstić information content (AvgIpc) is 3.69. The number of methoxy groups -OCH3 is 2. The minimum absolute atomic E-state index is 0.0429. The van der Waals surface area contributed by atoms with Gasteiger partial charge in [-0.2, -0.15) is 0 Å². The quantitative estimate of drug-likeness (QED) is 0.216. The van der Waals surface area contributed by atoms with E-state index in [1.807, 2.05) is 24.3 Å². The van der Waals surface area contributed by atoms with Gasteiger partial charge in [-0.3, -0.25) is 14.4 Å². The van der Waals surface area contributed by atoms with Crippen LogP contribution in [0.4, 0.5) is 0 Å². The van der Waals surface area contributed by atoms with Crippen molar-refractivity contribution >= 4 is 17.8 Å². The number of nitrogens with zero attached hydrogens (tertiary/aromatic N) is 1. The van der Waals surface area contributed by atoms with Gasteiger partial charge in [-0.15, -0.1) is 0 Å². The number of carboxylic acids is 2. The molecule has 1 fully saturated rings. The Labute approximate surface area is 275 Å². The van der Waals surface area contributed by atoms with Crippen LogP contribution in [0.3, 0.4) is 0 Å². The lowest BCUT2D eigenvalue weighted by Crippen LogP contribution is -2.28. The Bertz CT molecular complexity index is 1540. The van der Waals surface area contributed by atoms with E-state index in [-0.39, 0.29) is 24.2 Å². The minimum Gasteiger partial charge on any atom is -0.493 e. The maximum absolute atomic E-state index is 12.7. The molecule has 1 amide bonds. The first-order valence-corrected chi connectivity index (χ1v) is 16.1. The highest BCUT2D eigenvalue weighted by Crippen LogP contribution is 2.48. The number of ether oxygens (including phenoxy) is 4. The van der Waals surface area contributed by atoms with Crippen molar-refractivity contribution in [3.05, 3.63) is 58.2 Å². The molecule has 1 heterocycles. The van der Waals surface area contributed by atoms with Crippen LogP contribution in [-0.4, -0.2) is 71.6 Å². The summed E-state index contributed by atoms with van der Waals surface area (Å²) in [7, 11) is 3.20. The lowest BCUT2D eigenvalue weighted by atomic mass is 9.87. The molecule has 254 valence electrons. The van der Waals surface area contributed by atoms with Gasteiger partial charge in [-0.1, -0.05) is 25.5 Å². The van der Waals surface area contributed by atoms with Crippen LogP contribution in [0.15, 0.2) is 35.9 Å². The molecule has 0 aromatic heterocycles. The van der Waals surface area contributed by atoms with E-state index >= 15 is 0 Å². The van der Waals surface area contributed by atoms with Crippen LogP contribution in [0.1, 0.15) is 68.2 Å². The number of benzene rings is 2. The summed E-state index contributed by atoms with van der Waals surface area (Å²) in [6.45, 7) is 4.83. The van der Waals surface area contributed by atoms with Gasteiger partial charge in [-0.25, -0.2) is 0 Å². The second-order valence-corrected chi connectivity index (χ2v) is 13.4. The van der Waals surface area contributed by atoms with Gasteiger partial charge in [0.05, 0.1) is 45.4 Å². The number of aliphatic hydroxyl groups is 1. The number of aliphatic hydroxyl groups excluding tert-OH is 1. The van der Waals surface area contributed by atoms with Gasteiger partial charge in [0.1, 0.15) is 0 Å². The van der Waals surface area contributed by atoms with Crippen molar-refractivity contribution in [1.29, 1.82) is 0 Å². The largest absolute Gasteiger partial charge is 0.493 e. The maximum Gasteiger partial charge on any atom is 0.306 e. The third-order valence-corrected chi connectivity index (χ3v) is 9.55. The van der Waals surface area contributed by atoms with Crippen LogP contribution >= 0.6 is 0 Å². The number of fused-ring (bicyclic) bond motifs is 2. The predicted molar refractivity (Wildman–Crippen MR) is 172 cm³/mol. The first kappa shape index (κ1) is 34.1. The fraction of sp³-hybridized carbons (Fsp3) is 0.528.